The van der Waals surface area contributed by atoms with Crippen molar-refractivity contribution in [1.82, 2.24) is 4.98 Å². The number of aromatic nitrogens is 1. The third-order valence-corrected chi connectivity index (χ3v) is 10.4. The SMILES string of the molecule is C[C@H]1CC2C(C(O)CC3(C)C2CC[C@]3(O)C(=O)CSc2ccccn2)C2(C)C=CC(=O)C=C12. The number of ketones is 2. The molecule has 3 fully saturated rings. The van der Waals surface area contributed by atoms with E-state index in [-0.39, 0.29) is 46.4 Å². The summed E-state index contributed by atoms with van der Waals surface area (Å²) in [6, 6.07) is 5.60. The first kappa shape index (κ1) is 23.0. The number of pyridine rings is 1. The highest BCUT2D eigenvalue weighted by molar-refractivity contribution is 7.99. The van der Waals surface area contributed by atoms with Crippen LogP contribution in [-0.4, -0.2) is 44.2 Å². The Hall–Kier alpha value is -1.76. The van der Waals surface area contributed by atoms with Gasteiger partial charge in [0.25, 0.3) is 0 Å². The molecule has 0 bridgehead atoms. The topological polar surface area (TPSA) is 87.5 Å². The molecule has 8 atom stereocenters. The number of fused-ring (bicyclic) bond motifs is 5. The van der Waals surface area contributed by atoms with Crippen LogP contribution < -0.4 is 0 Å². The fourth-order valence-corrected chi connectivity index (χ4v) is 8.73. The van der Waals surface area contributed by atoms with Crippen LogP contribution in [0.1, 0.15) is 46.5 Å². The zero-order valence-corrected chi connectivity index (χ0v) is 20.3. The molecule has 1 aromatic heterocycles. The fraction of sp³-hybridized carbons (Fsp3) is 0.593. The molecule has 5 rings (SSSR count). The van der Waals surface area contributed by atoms with Gasteiger partial charge in [0.2, 0.25) is 0 Å². The number of aliphatic hydroxyl groups is 2. The molecule has 0 saturated heterocycles. The Kier molecular flexibility index (Phi) is 5.50. The molecule has 0 amide bonds. The van der Waals surface area contributed by atoms with Crippen LogP contribution in [0.3, 0.4) is 0 Å². The minimum absolute atomic E-state index is 0.0114. The standard InChI is InChI=1S/C27H33NO4S/c1-16-12-18-19-8-10-27(32,22(31)15-33-23-6-4-5-11-28-23)26(19,3)14-21(30)24(18)25(2)9-7-17(29)13-20(16)25/h4-7,9,11,13,16,18-19,21,24,30,32H,8,10,12,14-15H2,1-3H3/t16-,18?,19?,21?,24?,25?,26?,27-/m0/s1. The first-order valence-electron chi connectivity index (χ1n) is 12.0. The molecular weight excluding hydrogens is 434 g/mol. The third kappa shape index (κ3) is 3.32. The zero-order valence-electron chi connectivity index (χ0n) is 19.5. The van der Waals surface area contributed by atoms with Gasteiger partial charge in [-0.1, -0.05) is 50.2 Å². The van der Waals surface area contributed by atoms with Crippen LogP contribution in [-0.2, 0) is 9.59 Å². The van der Waals surface area contributed by atoms with Gasteiger partial charge in [-0.3, -0.25) is 9.59 Å². The van der Waals surface area contributed by atoms with Crippen LogP contribution in [0.2, 0.25) is 0 Å². The highest BCUT2D eigenvalue weighted by Gasteiger charge is 2.68. The molecule has 1 heterocycles. The van der Waals surface area contributed by atoms with Gasteiger partial charge in [0, 0.05) is 22.9 Å². The van der Waals surface area contributed by atoms with E-state index in [9.17, 15) is 19.8 Å². The van der Waals surface area contributed by atoms with Crippen molar-refractivity contribution in [3.63, 3.8) is 0 Å². The van der Waals surface area contributed by atoms with Gasteiger partial charge in [0.15, 0.2) is 11.6 Å². The quantitative estimate of drug-likeness (QED) is 0.651. The van der Waals surface area contributed by atoms with Gasteiger partial charge in [0.1, 0.15) is 5.60 Å². The third-order valence-electron chi connectivity index (χ3n) is 9.42. The Bertz CT molecular complexity index is 1040. The molecule has 6 heteroatoms. The normalized spacial score (nSPS) is 44.0. The van der Waals surface area contributed by atoms with E-state index in [0.717, 1.165) is 23.4 Å². The lowest BCUT2D eigenvalue weighted by Crippen LogP contribution is -2.62. The number of aliphatic hydroxyl groups excluding tert-OH is 1. The van der Waals surface area contributed by atoms with Crippen LogP contribution in [0, 0.1) is 34.5 Å². The summed E-state index contributed by atoms with van der Waals surface area (Å²) in [7, 11) is 0. The largest absolute Gasteiger partial charge is 0.393 e. The number of thioether (sulfide) groups is 1. The molecule has 1 aromatic rings. The van der Waals surface area contributed by atoms with E-state index in [4.69, 9.17) is 0 Å². The van der Waals surface area contributed by atoms with Gasteiger partial charge < -0.3 is 10.2 Å². The molecule has 0 radical (unpaired) electrons. The molecule has 33 heavy (non-hydrogen) atoms. The summed E-state index contributed by atoms with van der Waals surface area (Å²) in [5.41, 5.74) is -1.35. The monoisotopic (exact) mass is 467 g/mol. The number of allylic oxidation sites excluding steroid dienone is 4. The van der Waals surface area contributed by atoms with Gasteiger partial charge in [-0.15, -0.1) is 0 Å². The summed E-state index contributed by atoms with van der Waals surface area (Å²) in [4.78, 5) is 29.8. The summed E-state index contributed by atoms with van der Waals surface area (Å²) in [5, 5.41) is 24.1. The lowest BCUT2D eigenvalue weighted by Gasteiger charge is -2.60. The van der Waals surface area contributed by atoms with Gasteiger partial charge in [-0.2, -0.15) is 0 Å². The van der Waals surface area contributed by atoms with Crippen LogP contribution in [0.15, 0.2) is 53.2 Å². The summed E-state index contributed by atoms with van der Waals surface area (Å²) in [6.07, 6.45) is 8.96. The van der Waals surface area contributed by atoms with Crippen molar-refractivity contribution in [2.75, 3.05) is 5.75 Å². The number of hydrogen-bond acceptors (Lipinski definition) is 6. The van der Waals surface area contributed by atoms with Gasteiger partial charge in [-0.05, 0) is 67.7 Å². The molecule has 6 unspecified atom stereocenters. The predicted molar refractivity (Wildman–Crippen MR) is 127 cm³/mol. The van der Waals surface area contributed by atoms with Gasteiger partial charge >= 0.3 is 0 Å². The Labute approximate surface area is 199 Å². The van der Waals surface area contributed by atoms with Crippen molar-refractivity contribution in [2.24, 2.45) is 34.5 Å². The molecule has 4 aliphatic rings. The second kappa shape index (κ2) is 7.89. The molecule has 4 aliphatic carbocycles. The minimum atomic E-state index is -1.44. The van der Waals surface area contributed by atoms with Crippen molar-refractivity contribution in [1.29, 1.82) is 0 Å². The lowest BCUT2D eigenvalue weighted by atomic mass is 9.45. The number of hydrogen-bond donors (Lipinski definition) is 2. The van der Waals surface area contributed by atoms with Crippen LogP contribution in [0.25, 0.3) is 0 Å². The molecule has 0 spiro atoms. The van der Waals surface area contributed by atoms with Crippen LogP contribution in [0.4, 0.5) is 0 Å². The summed E-state index contributed by atoms with van der Waals surface area (Å²) >= 11 is 1.36. The zero-order chi connectivity index (χ0) is 23.6. The molecular formula is C27H33NO4S. The van der Waals surface area contributed by atoms with E-state index in [1.54, 1.807) is 18.3 Å². The van der Waals surface area contributed by atoms with Gasteiger partial charge in [0.05, 0.1) is 16.9 Å². The van der Waals surface area contributed by atoms with Crippen molar-refractivity contribution < 1.29 is 19.8 Å². The minimum Gasteiger partial charge on any atom is -0.393 e. The molecule has 5 nitrogen and oxygen atoms in total. The maximum absolute atomic E-state index is 13.4. The van der Waals surface area contributed by atoms with E-state index in [1.165, 1.54) is 11.8 Å². The first-order valence-corrected chi connectivity index (χ1v) is 13.0. The van der Waals surface area contributed by atoms with Crippen molar-refractivity contribution in [3.05, 3.63) is 48.2 Å². The Balaban J connectivity index is 1.44. The second-order valence-electron chi connectivity index (χ2n) is 11.0. The van der Waals surface area contributed by atoms with Crippen molar-refractivity contribution in [3.8, 4) is 0 Å². The molecule has 176 valence electrons. The van der Waals surface area contributed by atoms with Crippen LogP contribution >= 0.6 is 11.8 Å². The second-order valence-corrected chi connectivity index (χ2v) is 12.0. The van der Waals surface area contributed by atoms with E-state index in [0.29, 0.717) is 12.8 Å². The number of rotatable bonds is 4. The highest BCUT2D eigenvalue weighted by atomic mass is 32.2. The van der Waals surface area contributed by atoms with E-state index < -0.39 is 17.1 Å². The molecule has 3 saturated carbocycles. The van der Waals surface area contributed by atoms with Crippen molar-refractivity contribution >= 4 is 23.3 Å². The first-order chi connectivity index (χ1) is 15.6. The highest BCUT2D eigenvalue weighted by Crippen LogP contribution is 2.67. The Morgan fingerprint density at radius 2 is 2.09 bits per heavy atom. The van der Waals surface area contributed by atoms with Crippen LogP contribution in [0.5, 0.6) is 0 Å². The Morgan fingerprint density at radius 1 is 1.30 bits per heavy atom. The molecule has 0 aromatic carbocycles. The number of nitrogens with zero attached hydrogens (tertiary/aromatic N) is 1. The summed E-state index contributed by atoms with van der Waals surface area (Å²) in [5.74, 6) is 0.602. The number of carbonyl (C=O) groups excluding carboxylic acids is 2. The van der Waals surface area contributed by atoms with E-state index in [1.807, 2.05) is 31.2 Å². The van der Waals surface area contributed by atoms with Crippen molar-refractivity contribution in [2.45, 2.75) is 63.2 Å². The predicted octanol–water partition coefficient (Wildman–Crippen LogP) is 4.00. The van der Waals surface area contributed by atoms with Gasteiger partial charge in [-0.25, -0.2) is 4.98 Å². The number of carbonyl (C=O) groups is 2. The average Bonchev–Trinajstić information content (AvgIpc) is 3.05. The molecule has 2 N–H and O–H groups in total. The smallest absolute Gasteiger partial charge is 0.178 e. The van der Waals surface area contributed by atoms with E-state index >= 15 is 0 Å². The summed E-state index contributed by atoms with van der Waals surface area (Å²) in [6.45, 7) is 6.34. The lowest BCUT2D eigenvalue weighted by molar-refractivity contribution is -0.176. The number of Topliss-reactive ketones (excluding diaryl/α,β-unsaturated/α-hetero) is 1. The average molecular weight is 468 g/mol. The fourth-order valence-electron chi connectivity index (χ4n) is 7.90. The maximum Gasteiger partial charge on any atom is 0.178 e. The molecule has 0 aliphatic heterocycles. The maximum atomic E-state index is 13.4. The Morgan fingerprint density at radius 3 is 2.82 bits per heavy atom. The summed E-state index contributed by atoms with van der Waals surface area (Å²) < 4.78 is 0. The van der Waals surface area contributed by atoms with E-state index in [2.05, 4.69) is 18.8 Å².